The van der Waals surface area contributed by atoms with E-state index in [0.717, 1.165) is 16.5 Å². The van der Waals surface area contributed by atoms with Gasteiger partial charge in [0.15, 0.2) is 5.71 Å². The van der Waals surface area contributed by atoms with Crippen LogP contribution in [0.4, 0.5) is 5.13 Å². The number of H-pyrrole nitrogens is 1. The van der Waals surface area contributed by atoms with Gasteiger partial charge in [0.05, 0.1) is 15.7 Å². The molecule has 0 amide bonds. The first-order valence-electron chi connectivity index (χ1n) is 8.07. The number of aromatic nitrogens is 2. The fourth-order valence-electron chi connectivity index (χ4n) is 2.71. The van der Waals surface area contributed by atoms with Crippen LogP contribution in [-0.4, -0.2) is 26.8 Å². The number of benzene rings is 2. The lowest BCUT2D eigenvalue weighted by molar-refractivity contribution is -0.129. The van der Waals surface area contributed by atoms with Gasteiger partial charge in [0, 0.05) is 33.6 Å². The van der Waals surface area contributed by atoms with Gasteiger partial charge in [0.2, 0.25) is 5.13 Å². The van der Waals surface area contributed by atoms with E-state index in [1.807, 2.05) is 35.7 Å². The maximum absolute atomic E-state index is 11.7. The molecular weight excluding hydrogens is 419 g/mol. The molecule has 4 aromatic rings. The van der Waals surface area contributed by atoms with Crippen LogP contribution < -0.4 is 5.43 Å². The minimum atomic E-state index is -1.14. The summed E-state index contributed by atoms with van der Waals surface area (Å²) in [5.41, 5.74) is 5.45. The Kier molecular flexibility index (Phi) is 5.04. The highest BCUT2D eigenvalue weighted by molar-refractivity contribution is 7.14. The molecule has 3 N–H and O–H groups in total. The smallest absolute Gasteiger partial charge is 0.357 e. The van der Waals surface area contributed by atoms with Crippen molar-refractivity contribution in [2.45, 2.75) is 0 Å². The molecule has 0 bridgehead atoms. The van der Waals surface area contributed by atoms with Crippen molar-refractivity contribution in [1.29, 1.82) is 0 Å². The molecule has 0 atom stereocenters. The second-order valence-electron chi connectivity index (χ2n) is 5.79. The molecule has 140 valence electrons. The highest BCUT2D eigenvalue weighted by atomic mass is 35.5. The maximum atomic E-state index is 11.7. The zero-order valence-corrected chi connectivity index (χ0v) is 16.4. The predicted molar refractivity (Wildman–Crippen MR) is 114 cm³/mol. The van der Waals surface area contributed by atoms with Gasteiger partial charge in [-0.25, -0.2) is 9.78 Å². The van der Waals surface area contributed by atoms with Crippen LogP contribution in [0.25, 0.3) is 22.2 Å². The molecule has 28 heavy (non-hydrogen) atoms. The maximum Gasteiger partial charge on any atom is 0.357 e. The number of aromatic amines is 1. The van der Waals surface area contributed by atoms with Crippen molar-refractivity contribution >= 4 is 62.3 Å². The minimum Gasteiger partial charge on any atom is -0.476 e. The number of nitrogens with zero attached hydrogens (tertiary/aromatic N) is 2. The molecule has 0 aliphatic heterocycles. The fraction of sp³-hybridized carbons (Fsp3) is 0. The summed E-state index contributed by atoms with van der Waals surface area (Å²) in [6.45, 7) is 0. The molecule has 4 rings (SSSR count). The first-order chi connectivity index (χ1) is 13.5. The Morgan fingerprint density at radius 3 is 2.79 bits per heavy atom. The first kappa shape index (κ1) is 18.5. The van der Waals surface area contributed by atoms with Crippen LogP contribution in [0.5, 0.6) is 0 Å². The molecule has 0 radical (unpaired) electrons. The summed E-state index contributed by atoms with van der Waals surface area (Å²) >= 11 is 13.3. The molecule has 0 saturated heterocycles. The summed E-state index contributed by atoms with van der Waals surface area (Å²) in [6.07, 6.45) is 1.63. The summed E-state index contributed by atoms with van der Waals surface area (Å²) in [4.78, 5) is 19.2. The Morgan fingerprint density at radius 2 is 2.00 bits per heavy atom. The Balaban J connectivity index is 1.62. The third-order valence-electron chi connectivity index (χ3n) is 4.03. The topological polar surface area (TPSA) is 90.4 Å². The molecule has 0 aliphatic rings. The van der Waals surface area contributed by atoms with Crippen LogP contribution in [0.15, 0.2) is 59.1 Å². The number of carboxylic acid groups (broad SMARTS) is 1. The van der Waals surface area contributed by atoms with Gasteiger partial charge < -0.3 is 10.1 Å². The zero-order valence-electron chi connectivity index (χ0n) is 14.1. The van der Waals surface area contributed by atoms with Crippen molar-refractivity contribution in [3.63, 3.8) is 0 Å². The number of carbonyl (C=O) groups is 1. The van der Waals surface area contributed by atoms with Crippen LogP contribution in [0.2, 0.25) is 10.0 Å². The normalized spacial score (nSPS) is 11.7. The summed E-state index contributed by atoms with van der Waals surface area (Å²) < 4.78 is 0. The van der Waals surface area contributed by atoms with E-state index in [4.69, 9.17) is 23.2 Å². The zero-order chi connectivity index (χ0) is 19.7. The van der Waals surface area contributed by atoms with Gasteiger partial charge in [-0.3, -0.25) is 5.43 Å². The average Bonchev–Trinajstić information content (AvgIpc) is 3.32. The fourth-order valence-corrected chi connectivity index (χ4v) is 3.67. The predicted octanol–water partition coefficient (Wildman–Crippen LogP) is 5.50. The summed E-state index contributed by atoms with van der Waals surface area (Å²) in [6, 6.07) is 12.7. The third kappa shape index (κ3) is 3.60. The molecule has 2 heterocycles. The van der Waals surface area contributed by atoms with Gasteiger partial charge in [-0.2, -0.15) is 5.10 Å². The van der Waals surface area contributed by atoms with Crippen molar-refractivity contribution in [2.24, 2.45) is 5.10 Å². The largest absolute Gasteiger partial charge is 0.476 e. The van der Waals surface area contributed by atoms with Gasteiger partial charge in [-0.15, -0.1) is 11.3 Å². The molecule has 0 spiro atoms. The number of hydrogen-bond donors (Lipinski definition) is 3. The summed E-state index contributed by atoms with van der Waals surface area (Å²) in [5.74, 6) is -1.14. The van der Waals surface area contributed by atoms with Crippen molar-refractivity contribution in [3.8, 4) is 11.3 Å². The Morgan fingerprint density at radius 1 is 1.18 bits per heavy atom. The number of rotatable bonds is 5. The Hall–Kier alpha value is -2.87. The number of aliphatic carboxylic acids is 1. The van der Waals surface area contributed by atoms with Gasteiger partial charge in [-0.05, 0) is 18.2 Å². The van der Waals surface area contributed by atoms with E-state index >= 15 is 0 Å². The number of para-hydroxylation sites is 1. The van der Waals surface area contributed by atoms with Crippen molar-refractivity contribution in [3.05, 3.63) is 69.7 Å². The molecule has 0 aliphatic carbocycles. The van der Waals surface area contributed by atoms with E-state index in [1.165, 1.54) is 11.3 Å². The summed E-state index contributed by atoms with van der Waals surface area (Å²) in [7, 11) is 0. The lowest BCUT2D eigenvalue weighted by atomic mass is 10.1. The second kappa shape index (κ2) is 7.63. The number of halogens is 2. The quantitative estimate of drug-likeness (QED) is 0.288. The van der Waals surface area contributed by atoms with Crippen molar-refractivity contribution in [1.82, 2.24) is 9.97 Å². The lowest BCUT2D eigenvalue weighted by Gasteiger charge is -2.01. The number of hydrazone groups is 1. The standard InChI is InChI=1S/C19H12Cl2N4O2S/c20-13-6-5-10(7-14(13)21)16-9-28-19(23-16)25-24-17(18(26)27)12-8-22-15-4-2-1-3-11(12)15/h1-9,22H,(H,23,25)(H,26,27). The summed E-state index contributed by atoms with van der Waals surface area (Å²) in [5, 5.41) is 17.6. The van der Waals surface area contributed by atoms with E-state index in [1.54, 1.807) is 18.3 Å². The Bertz CT molecular complexity index is 1220. The molecule has 2 aromatic carbocycles. The van der Waals surface area contributed by atoms with Gasteiger partial charge in [0.25, 0.3) is 0 Å². The molecule has 0 fully saturated rings. The van der Waals surface area contributed by atoms with E-state index in [9.17, 15) is 9.90 Å². The molecule has 6 nitrogen and oxygen atoms in total. The van der Waals surface area contributed by atoms with Crippen LogP contribution in [0.3, 0.4) is 0 Å². The van der Waals surface area contributed by atoms with E-state index < -0.39 is 5.97 Å². The van der Waals surface area contributed by atoms with Crippen LogP contribution in [0.1, 0.15) is 5.56 Å². The van der Waals surface area contributed by atoms with Crippen molar-refractivity contribution in [2.75, 3.05) is 5.43 Å². The number of hydrogen-bond acceptors (Lipinski definition) is 5. The van der Waals surface area contributed by atoms with Crippen LogP contribution in [0, 0.1) is 0 Å². The van der Waals surface area contributed by atoms with E-state index in [2.05, 4.69) is 20.5 Å². The van der Waals surface area contributed by atoms with E-state index in [0.29, 0.717) is 26.4 Å². The number of carboxylic acids is 1. The molecule has 0 saturated carbocycles. The van der Waals surface area contributed by atoms with E-state index in [-0.39, 0.29) is 5.71 Å². The van der Waals surface area contributed by atoms with Gasteiger partial charge >= 0.3 is 5.97 Å². The third-order valence-corrected chi connectivity index (χ3v) is 5.52. The number of fused-ring (bicyclic) bond motifs is 1. The van der Waals surface area contributed by atoms with Crippen molar-refractivity contribution < 1.29 is 9.90 Å². The Labute approximate surface area is 173 Å². The molecule has 2 aromatic heterocycles. The van der Waals surface area contributed by atoms with Crippen LogP contribution >= 0.6 is 34.5 Å². The first-order valence-corrected chi connectivity index (χ1v) is 9.71. The molecular formula is C19H12Cl2N4O2S. The second-order valence-corrected chi connectivity index (χ2v) is 7.46. The molecule has 0 unspecified atom stereocenters. The van der Waals surface area contributed by atoms with Gasteiger partial charge in [0.1, 0.15) is 0 Å². The molecule has 9 heteroatoms. The SMILES string of the molecule is O=C(O)C(=NNc1nc(-c2ccc(Cl)c(Cl)c2)cs1)c1c[nH]c2ccccc12. The highest BCUT2D eigenvalue weighted by Gasteiger charge is 2.17. The minimum absolute atomic E-state index is 0.108. The van der Waals surface area contributed by atoms with Crippen LogP contribution in [-0.2, 0) is 4.79 Å². The highest BCUT2D eigenvalue weighted by Crippen LogP contribution is 2.30. The average molecular weight is 431 g/mol. The van der Waals surface area contributed by atoms with Gasteiger partial charge in [-0.1, -0.05) is 47.5 Å². The number of anilines is 1. The number of thiazole rings is 1. The number of nitrogens with one attached hydrogen (secondary N) is 2. The lowest BCUT2D eigenvalue weighted by Crippen LogP contribution is -2.16. The monoisotopic (exact) mass is 430 g/mol.